The first-order valence-corrected chi connectivity index (χ1v) is 9.65. The fraction of sp³-hybridized carbons (Fsp3) is 0.333. The SMILES string of the molecule is COCCN(CCOC)Cc1ccc(C(=O)Nc2c(C(N)=O)oc3c(F)cc(F)cc23)o1. The molecule has 3 aromatic rings. The molecule has 0 aliphatic rings. The summed E-state index contributed by atoms with van der Waals surface area (Å²) in [6, 6.07) is 4.60. The van der Waals surface area contributed by atoms with Crippen LogP contribution in [0.1, 0.15) is 26.9 Å². The monoisotopic (exact) mass is 451 g/mol. The number of nitrogens with zero attached hydrogens (tertiary/aromatic N) is 1. The van der Waals surface area contributed by atoms with Crippen molar-refractivity contribution in [2.45, 2.75) is 6.54 Å². The normalized spacial score (nSPS) is 11.4. The summed E-state index contributed by atoms with van der Waals surface area (Å²) in [6.45, 7) is 2.67. The van der Waals surface area contributed by atoms with Crippen LogP contribution in [0.3, 0.4) is 0 Å². The van der Waals surface area contributed by atoms with Crippen LogP contribution in [0, 0.1) is 11.6 Å². The van der Waals surface area contributed by atoms with Gasteiger partial charge < -0.3 is 29.4 Å². The van der Waals surface area contributed by atoms with E-state index in [1.54, 1.807) is 20.3 Å². The van der Waals surface area contributed by atoms with Crippen LogP contribution in [0.15, 0.2) is 33.1 Å². The van der Waals surface area contributed by atoms with Crippen molar-refractivity contribution in [3.8, 4) is 0 Å². The third-order valence-corrected chi connectivity index (χ3v) is 4.66. The maximum Gasteiger partial charge on any atom is 0.291 e. The molecular weight excluding hydrogens is 428 g/mol. The summed E-state index contributed by atoms with van der Waals surface area (Å²) in [7, 11) is 3.20. The number of fused-ring (bicyclic) bond motifs is 1. The number of carbonyl (C=O) groups is 2. The first-order valence-electron chi connectivity index (χ1n) is 9.65. The van der Waals surface area contributed by atoms with Crippen LogP contribution in [0.2, 0.25) is 0 Å². The minimum atomic E-state index is -1.05. The van der Waals surface area contributed by atoms with Crippen molar-refractivity contribution >= 4 is 28.5 Å². The van der Waals surface area contributed by atoms with Gasteiger partial charge in [-0.25, -0.2) is 8.78 Å². The molecule has 0 saturated heterocycles. The largest absolute Gasteiger partial charge is 0.455 e. The Morgan fingerprint density at radius 3 is 2.41 bits per heavy atom. The van der Waals surface area contributed by atoms with Gasteiger partial charge in [0, 0.05) is 33.4 Å². The van der Waals surface area contributed by atoms with E-state index in [-0.39, 0.29) is 16.8 Å². The molecule has 3 N–H and O–H groups in total. The first kappa shape index (κ1) is 23.4. The molecule has 0 aliphatic heterocycles. The average molecular weight is 451 g/mol. The van der Waals surface area contributed by atoms with Crippen molar-refractivity contribution < 1.29 is 36.7 Å². The highest BCUT2D eigenvalue weighted by Crippen LogP contribution is 2.33. The molecule has 0 radical (unpaired) electrons. The zero-order valence-electron chi connectivity index (χ0n) is 17.6. The number of nitrogens with two attached hydrogens (primary N) is 1. The molecule has 2 heterocycles. The van der Waals surface area contributed by atoms with E-state index < -0.39 is 34.8 Å². The second kappa shape index (κ2) is 10.4. The first-order chi connectivity index (χ1) is 15.3. The molecule has 2 aromatic heterocycles. The Labute approximate surface area is 182 Å². The second-order valence-corrected chi connectivity index (χ2v) is 6.92. The lowest BCUT2D eigenvalue weighted by molar-refractivity contribution is 0.0972. The van der Waals surface area contributed by atoms with Crippen LogP contribution < -0.4 is 11.1 Å². The number of carbonyl (C=O) groups excluding carboxylic acids is 2. The van der Waals surface area contributed by atoms with Crippen LogP contribution in [-0.4, -0.2) is 57.2 Å². The third-order valence-electron chi connectivity index (χ3n) is 4.66. The van der Waals surface area contributed by atoms with Gasteiger partial charge in [0.2, 0.25) is 5.76 Å². The third kappa shape index (κ3) is 5.31. The highest BCUT2D eigenvalue weighted by atomic mass is 19.1. The standard InChI is InChI=1S/C21H23F2N3O6/c1-29-7-5-26(6-8-30-2)11-13-3-4-16(31-13)21(28)25-17-14-9-12(22)10-15(23)18(14)32-19(17)20(24)27/h3-4,9-10H,5-8,11H2,1-2H3,(H2,24,27)(H,25,28). The zero-order chi connectivity index (χ0) is 23.3. The highest BCUT2D eigenvalue weighted by molar-refractivity contribution is 6.13. The lowest BCUT2D eigenvalue weighted by atomic mass is 10.2. The van der Waals surface area contributed by atoms with Crippen molar-refractivity contribution in [2.75, 3.05) is 45.8 Å². The number of furan rings is 2. The maximum absolute atomic E-state index is 14.0. The Balaban J connectivity index is 1.81. The number of methoxy groups -OCH3 is 2. The van der Waals surface area contributed by atoms with Crippen LogP contribution in [-0.2, 0) is 16.0 Å². The van der Waals surface area contributed by atoms with Crippen molar-refractivity contribution in [3.05, 3.63) is 53.2 Å². The maximum atomic E-state index is 14.0. The van der Waals surface area contributed by atoms with E-state index in [4.69, 9.17) is 24.0 Å². The van der Waals surface area contributed by atoms with Gasteiger partial charge in [-0.05, 0) is 18.2 Å². The molecular formula is C21H23F2N3O6. The minimum Gasteiger partial charge on any atom is -0.455 e. The van der Waals surface area contributed by atoms with Gasteiger partial charge in [-0.15, -0.1) is 0 Å². The van der Waals surface area contributed by atoms with E-state index in [2.05, 4.69) is 5.32 Å². The van der Waals surface area contributed by atoms with Crippen LogP contribution in [0.5, 0.6) is 0 Å². The number of hydrogen-bond acceptors (Lipinski definition) is 7. The molecule has 172 valence electrons. The van der Waals surface area contributed by atoms with Gasteiger partial charge >= 0.3 is 0 Å². The summed E-state index contributed by atoms with van der Waals surface area (Å²) in [5.74, 6) is -3.80. The van der Waals surface area contributed by atoms with Gasteiger partial charge in [-0.2, -0.15) is 0 Å². The van der Waals surface area contributed by atoms with Crippen molar-refractivity contribution in [3.63, 3.8) is 0 Å². The quantitative estimate of drug-likeness (QED) is 0.460. The zero-order valence-corrected chi connectivity index (χ0v) is 17.6. The Bertz CT molecular complexity index is 1100. The highest BCUT2D eigenvalue weighted by Gasteiger charge is 2.25. The van der Waals surface area contributed by atoms with Gasteiger partial charge in [0.1, 0.15) is 17.3 Å². The molecule has 11 heteroatoms. The topological polar surface area (TPSA) is 120 Å². The summed E-state index contributed by atoms with van der Waals surface area (Å²) in [6.07, 6.45) is 0. The van der Waals surface area contributed by atoms with Crippen LogP contribution in [0.25, 0.3) is 11.0 Å². The number of primary amides is 1. The molecule has 3 rings (SSSR count). The predicted molar refractivity (Wildman–Crippen MR) is 110 cm³/mol. The Morgan fingerprint density at radius 1 is 1.09 bits per heavy atom. The van der Waals surface area contributed by atoms with E-state index >= 15 is 0 Å². The van der Waals surface area contributed by atoms with Crippen molar-refractivity contribution in [2.24, 2.45) is 5.73 Å². The van der Waals surface area contributed by atoms with Crippen LogP contribution >= 0.6 is 0 Å². The number of ether oxygens (including phenoxy) is 2. The predicted octanol–water partition coefficient (Wildman–Crippen LogP) is 2.75. The summed E-state index contributed by atoms with van der Waals surface area (Å²) in [5.41, 5.74) is 4.63. The van der Waals surface area contributed by atoms with E-state index in [9.17, 15) is 18.4 Å². The number of halogens is 2. The fourth-order valence-corrected chi connectivity index (χ4v) is 3.11. The van der Waals surface area contributed by atoms with Crippen molar-refractivity contribution in [1.82, 2.24) is 4.90 Å². The summed E-state index contributed by atoms with van der Waals surface area (Å²) in [4.78, 5) is 26.4. The number of anilines is 1. The number of amides is 2. The van der Waals surface area contributed by atoms with Gasteiger partial charge in [-0.3, -0.25) is 14.5 Å². The Morgan fingerprint density at radius 2 is 1.78 bits per heavy atom. The molecule has 32 heavy (non-hydrogen) atoms. The molecule has 0 unspecified atom stereocenters. The molecule has 0 atom stereocenters. The van der Waals surface area contributed by atoms with E-state index in [1.807, 2.05) is 4.90 Å². The summed E-state index contributed by atoms with van der Waals surface area (Å²) in [5, 5.41) is 2.27. The van der Waals surface area contributed by atoms with E-state index in [0.29, 0.717) is 44.7 Å². The number of nitrogens with one attached hydrogen (secondary N) is 1. The smallest absolute Gasteiger partial charge is 0.291 e. The van der Waals surface area contributed by atoms with E-state index in [0.717, 1.165) is 6.07 Å². The molecule has 1 aromatic carbocycles. The fourth-order valence-electron chi connectivity index (χ4n) is 3.11. The number of hydrogen-bond donors (Lipinski definition) is 2. The van der Waals surface area contributed by atoms with Gasteiger partial charge in [0.05, 0.1) is 25.1 Å². The second-order valence-electron chi connectivity index (χ2n) is 6.92. The number of rotatable bonds is 11. The molecule has 0 saturated carbocycles. The van der Waals surface area contributed by atoms with Gasteiger partial charge in [0.25, 0.3) is 11.8 Å². The number of benzene rings is 1. The Hall–Kier alpha value is -3.28. The molecule has 0 aliphatic carbocycles. The molecule has 0 bridgehead atoms. The molecule has 0 fully saturated rings. The minimum absolute atomic E-state index is 0.0694. The molecule has 2 amide bonds. The van der Waals surface area contributed by atoms with Crippen molar-refractivity contribution in [1.29, 1.82) is 0 Å². The average Bonchev–Trinajstić information content (AvgIpc) is 3.35. The molecule has 0 spiro atoms. The van der Waals surface area contributed by atoms with E-state index in [1.165, 1.54) is 6.07 Å². The lowest BCUT2D eigenvalue weighted by Crippen LogP contribution is -2.30. The van der Waals surface area contributed by atoms with Crippen LogP contribution in [0.4, 0.5) is 14.5 Å². The lowest BCUT2D eigenvalue weighted by Gasteiger charge is -2.20. The Kier molecular flexibility index (Phi) is 7.57. The molecule has 9 nitrogen and oxygen atoms in total. The summed E-state index contributed by atoms with van der Waals surface area (Å²) >= 11 is 0. The van der Waals surface area contributed by atoms with Gasteiger partial charge in [0.15, 0.2) is 17.2 Å². The van der Waals surface area contributed by atoms with Gasteiger partial charge in [-0.1, -0.05) is 0 Å². The summed E-state index contributed by atoms with van der Waals surface area (Å²) < 4.78 is 48.7.